The molecule has 3 nitrogen and oxygen atoms in total. The van der Waals surface area contributed by atoms with E-state index in [1.54, 1.807) is 11.3 Å². The maximum Gasteiger partial charge on any atom is 0.118 e. The number of aryl methyl sites for hydroxylation is 1. The highest BCUT2D eigenvalue weighted by molar-refractivity contribution is 7.98. The Kier molecular flexibility index (Phi) is 6.20. The van der Waals surface area contributed by atoms with E-state index in [-0.39, 0.29) is 0 Å². The Balaban J connectivity index is 2.26. The molecule has 1 N–H and O–H groups in total. The summed E-state index contributed by atoms with van der Waals surface area (Å²) in [5.41, 5.74) is 0. The predicted octanol–water partition coefficient (Wildman–Crippen LogP) is 1.98. The fourth-order valence-corrected chi connectivity index (χ4v) is 2.52. The van der Waals surface area contributed by atoms with Crippen LogP contribution in [-0.2, 0) is 12.8 Å². The Morgan fingerprint density at radius 1 is 1.27 bits per heavy atom. The van der Waals surface area contributed by atoms with E-state index in [0.29, 0.717) is 6.04 Å². The minimum absolute atomic E-state index is 0.550. The van der Waals surface area contributed by atoms with Crippen molar-refractivity contribution >= 4 is 23.1 Å². The number of nitrogens with one attached hydrogen (secondary N) is 1. The van der Waals surface area contributed by atoms with Crippen LogP contribution in [0.1, 0.15) is 23.9 Å². The molecule has 0 aliphatic rings. The highest BCUT2D eigenvalue weighted by Gasteiger charge is 2.03. The third-order valence-corrected chi connectivity index (χ3v) is 3.58. The molecule has 0 spiro atoms. The van der Waals surface area contributed by atoms with Crippen molar-refractivity contribution in [1.29, 1.82) is 0 Å². The second-order valence-electron chi connectivity index (χ2n) is 3.69. The molecule has 15 heavy (non-hydrogen) atoms. The second-order valence-corrected chi connectivity index (χ2v) is 5.82. The minimum Gasteiger partial charge on any atom is -0.314 e. The number of nitrogens with zero attached hydrogens (tertiary/aromatic N) is 2. The van der Waals surface area contributed by atoms with E-state index in [1.165, 1.54) is 5.01 Å². The topological polar surface area (TPSA) is 37.8 Å². The molecule has 1 aromatic rings. The molecule has 0 aliphatic heterocycles. The van der Waals surface area contributed by atoms with E-state index in [1.807, 2.05) is 11.8 Å². The summed E-state index contributed by atoms with van der Waals surface area (Å²) in [7, 11) is 0. The standard InChI is InChI=1S/C10H19N3S2/c1-8(2)11-6-4-9-12-13-10(15-9)5-7-14-3/h8,11H,4-7H2,1-3H3. The van der Waals surface area contributed by atoms with Gasteiger partial charge in [-0.05, 0) is 12.0 Å². The van der Waals surface area contributed by atoms with Gasteiger partial charge in [-0.2, -0.15) is 11.8 Å². The number of hydrogen-bond acceptors (Lipinski definition) is 5. The van der Waals surface area contributed by atoms with Crippen LogP contribution in [0.2, 0.25) is 0 Å². The van der Waals surface area contributed by atoms with Crippen LogP contribution in [0.4, 0.5) is 0 Å². The first-order valence-electron chi connectivity index (χ1n) is 5.26. The van der Waals surface area contributed by atoms with Crippen LogP contribution in [0, 0.1) is 0 Å². The summed E-state index contributed by atoms with van der Waals surface area (Å²) in [4.78, 5) is 0. The van der Waals surface area contributed by atoms with Crippen molar-refractivity contribution in [2.75, 3.05) is 18.6 Å². The molecule has 0 aliphatic carbocycles. The number of rotatable bonds is 7. The monoisotopic (exact) mass is 245 g/mol. The quantitative estimate of drug-likeness (QED) is 0.797. The normalized spacial score (nSPS) is 11.2. The van der Waals surface area contributed by atoms with Gasteiger partial charge in [0.2, 0.25) is 0 Å². The average molecular weight is 245 g/mol. The molecule has 5 heteroatoms. The van der Waals surface area contributed by atoms with Gasteiger partial charge >= 0.3 is 0 Å². The van der Waals surface area contributed by atoms with E-state index in [0.717, 1.165) is 30.1 Å². The lowest BCUT2D eigenvalue weighted by molar-refractivity contribution is 0.588. The molecule has 0 saturated heterocycles. The third kappa shape index (κ3) is 5.49. The van der Waals surface area contributed by atoms with Gasteiger partial charge in [0.1, 0.15) is 10.0 Å². The maximum atomic E-state index is 4.19. The van der Waals surface area contributed by atoms with Gasteiger partial charge in [-0.3, -0.25) is 0 Å². The summed E-state index contributed by atoms with van der Waals surface area (Å²) < 4.78 is 0. The Hall–Kier alpha value is -0.130. The van der Waals surface area contributed by atoms with E-state index >= 15 is 0 Å². The molecule has 0 unspecified atom stereocenters. The second kappa shape index (κ2) is 7.19. The fraction of sp³-hybridized carbons (Fsp3) is 0.800. The van der Waals surface area contributed by atoms with E-state index in [9.17, 15) is 0 Å². The molecular weight excluding hydrogens is 226 g/mol. The van der Waals surface area contributed by atoms with Gasteiger partial charge in [0.25, 0.3) is 0 Å². The zero-order valence-electron chi connectivity index (χ0n) is 9.62. The van der Waals surface area contributed by atoms with Crippen molar-refractivity contribution in [3.8, 4) is 0 Å². The fourth-order valence-electron chi connectivity index (χ4n) is 1.15. The van der Waals surface area contributed by atoms with Gasteiger partial charge in [0.15, 0.2) is 0 Å². The summed E-state index contributed by atoms with van der Waals surface area (Å²) in [6.07, 6.45) is 4.17. The summed E-state index contributed by atoms with van der Waals surface area (Å²) in [5.74, 6) is 1.14. The minimum atomic E-state index is 0.550. The van der Waals surface area contributed by atoms with Gasteiger partial charge in [0.05, 0.1) is 0 Å². The van der Waals surface area contributed by atoms with Gasteiger partial charge in [-0.15, -0.1) is 21.5 Å². The molecule has 0 amide bonds. The maximum absolute atomic E-state index is 4.19. The zero-order chi connectivity index (χ0) is 11.1. The number of aromatic nitrogens is 2. The molecule has 0 aromatic carbocycles. The summed E-state index contributed by atoms with van der Waals surface area (Å²) in [6, 6.07) is 0.550. The van der Waals surface area contributed by atoms with Crippen molar-refractivity contribution in [3.05, 3.63) is 10.0 Å². The van der Waals surface area contributed by atoms with Crippen molar-refractivity contribution in [1.82, 2.24) is 15.5 Å². The lowest BCUT2D eigenvalue weighted by atomic mass is 10.3. The molecule has 86 valence electrons. The largest absolute Gasteiger partial charge is 0.314 e. The van der Waals surface area contributed by atoms with E-state index < -0.39 is 0 Å². The van der Waals surface area contributed by atoms with Crippen molar-refractivity contribution in [2.45, 2.75) is 32.7 Å². The molecule has 0 radical (unpaired) electrons. The van der Waals surface area contributed by atoms with Crippen LogP contribution in [0.25, 0.3) is 0 Å². The molecule has 1 aromatic heterocycles. The van der Waals surface area contributed by atoms with Gasteiger partial charge < -0.3 is 5.32 Å². The van der Waals surface area contributed by atoms with Gasteiger partial charge in [-0.25, -0.2) is 0 Å². The molecule has 1 heterocycles. The Bertz CT molecular complexity index is 273. The van der Waals surface area contributed by atoms with Crippen LogP contribution in [0.3, 0.4) is 0 Å². The van der Waals surface area contributed by atoms with Crippen LogP contribution in [0.15, 0.2) is 0 Å². The van der Waals surface area contributed by atoms with Crippen molar-refractivity contribution in [3.63, 3.8) is 0 Å². The van der Waals surface area contributed by atoms with Gasteiger partial charge in [-0.1, -0.05) is 13.8 Å². The number of hydrogen-bond donors (Lipinski definition) is 1. The van der Waals surface area contributed by atoms with Crippen LogP contribution < -0.4 is 5.32 Å². The molecule has 0 saturated carbocycles. The van der Waals surface area contributed by atoms with Crippen molar-refractivity contribution < 1.29 is 0 Å². The van der Waals surface area contributed by atoms with Crippen LogP contribution in [-0.4, -0.2) is 34.8 Å². The summed E-state index contributed by atoms with van der Waals surface area (Å²) in [5, 5.41) is 14.1. The highest BCUT2D eigenvalue weighted by atomic mass is 32.2. The number of thioether (sulfide) groups is 1. The first kappa shape index (κ1) is 12.9. The molecular formula is C10H19N3S2. The third-order valence-electron chi connectivity index (χ3n) is 1.92. The SMILES string of the molecule is CSCCc1nnc(CCNC(C)C)s1. The lowest BCUT2D eigenvalue weighted by Crippen LogP contribution is -2.24. The first-order chi connectivity index (χ1) is 7.22. The molecule has 1 rings (SSSR count). The van der Waals surface area contributed by atoms with Crippen molar-refractivity contribution in [2.24, 2.45) is 0 Å². The zero-order valence-corrected chi connectivity index (χ0v) is 11.2. The molecule has 0 fully saturated rings. The Morgan fingerprint density at radius 3 is 2.53 bits per heavy atom. The lowest BCUT2D eigenvalue weighted by Gasteiger charge is -2.04. The summed E-state index contributed by atoms with van der Waals surface area (Å²) >= 11 is 3.60. The Morgan fingerprint density at radius 2 is 1.93 bits per heavy atom. The molecule has 0 atom stereocenters. The van der Waals surface area contributed by atoms with E-state index in [2.05, 4.69) is 35.6 Å². The van der Waals surface area contributed by atoms with E-state index in [4.69, 9.17) is 0 Å². The van der Waals surface area contributed by atoms with Crippen LogP contribution in [0.5, 0.6) is 0 Å². The smallest absolute Gasteiger partial charge is 0.118 e. The Labute approximate surface area is 100 Å². The molecule has 0 bridgehead atoms. The van der Waals surface area contributed by atoms with Crippen LogP contribution >= 0.6 is 23.1 Å². The summed E-state index contributed by atoms with van der Waals surface area (Å²) in [6.45, 7) is 5.31. The first-order valence-corrected chi connectivity index (χ1v) is 7.47. The average Bonchev–Trinajstić information content (AvgIpc) is 2.62. The highest BCUT2D eigenvalue weighted by Crippen LogP contribution is 2.12. The predicted molar refractivity (Wildman–Crippen MR) is 68.8 cm³/mol. The van der Waals surface area contributed by atoms with Gasteiger partial charge in [0, 0.05) is 25.4 Å².